The van der Waals surface area contributed by atoms with Crippen LogP contribution in [0, 0.1) is 5.41 Å². The number of piperidine rings is 1. The minimum Gasteiger partial charge on any atom is -0.497 e. The third-order valence-corrected chi connectivity index (χ3v) is 9.12. The molecule has 4 rings (SSSR count). The van der Waals surface area contributed by atoms with Crippen molar-refractivity contribution in [3.8, 4) is 5.75 Å². The molecule has 2 saturated heterocycles. The Morgan fingerprint density at radius 3 is 2.32 bits per heavy atom. The predicted molar refractivity (Wildman–Crippen MR) is 115 cm³/mol. The SMILES string of the molecule is COc1ccc(S(=O)(=O)N2CCC3(CC2)C[C@@H](C(=O)NC2CCCC2)N(C)C3=O)cc1. The number of carbonyl (C=O) groups is 2. The summed E-state index contributed by atoms with van der Waals surface area (Å²) < 4.78 is 32.6. The Balaban J connectivity index is 1.42. The first-order valence-electron chi connectivity index (χ1n) is 11.0. The molecular weight excluding hydrogens is 418 g/mol. The molecule has 1 aromatic carbocycles. The first kappa shape index (κ1) is 22.1. The van der Waals surface area contributed by atoms with Gasteiger partial charge in [0.1, 0.15) is 11.8 Å². The fraction of sp³-hybridized carbons (Fsp3) is 0.636. The highest BCUT2D eigenvalue weighted by Gasteiger charge is 2.54. The van der Waals surface area contributed by atoms with Crippen molar-refractivity contribution in [3.63, 3.8) is 0 Å². The van der Waals surface area contributed by atoms with Crippen molar-refractivity contribution in [2.24, 2.45) is 5.41 Å². The molecule has 3 fully saturated rings. The van der Waals surface area contributed by atoms with E-state index in [9.17, 15) is 18.0 Å². The number of sulfonamides is 1. The number of hydrogen-bond donors (Lipinski definition) is 1. The summed E-state index contributed by atoms with van der Waals surface area (Å²) in [7, 11) is -0.413. The summed E-state index contributed by atoms with van der Waals surface area (Å²) in [5, 5.41) is 3.11. The van der Waals surface area contributed by atoms with Crippen LogP contribution in [0.4, 0.5) is 0 Å². The monoisotopic (exact) mass is 449 g/mol. The molecule has 1 N–H and O–H groups in total. The molecule has 2 heterocycles. The largest absolute Gasteiger partial charge is 0.497 e. The number of benzene rings is 1. The molecule has 2 amide bonds. The molecular formula is C22H31N3O5S. The average Bonchev–Trinajstić information content (AvgIpc) is 3.37. The van der Waals surface area contributed by atoms with Gasteiger partial charge in [0.2, 0.25) is 21.8 Å². The number of likely N-dealkylation sites (tertiary alicyclic amines) is 1. The van der Waals surface area contributed by atoms with E-state index >= 15 is 0 Å². The third-order valence-electron chi connectivity index (χ3n) is 7.21. The molecule has 0 unspecified atom stereocenters. The summed E-state index contributed by atoms with van der Waals surface area (Å²) in [5.74, 6) is 0.478. The Labute approximate surface area is 184 Å². The zero-order valence-electron chi connectivity index (χ0n) is 18.2. The van der Waals surface area contributed by atoms with Gasteiger partial charge in [-0.15, -0.1) is 0 Å². The van der Waals surface area contributed by atoms with Crippen LogP contribution in [0.1, 0.15) is 44.9 Å². The van der Waals surface area contributed by atoms with Gasteiger partial charge in [0.25, 0.3) is 0 Å². The van der Waals surface area contributed by atoms with Gasteiger partial charge in [0.15, 0.2) is 0 Å². The quantitative estimate of drug-likeness (QED) is 0.739. The molecule has 0 aromatic heterocycles. The molecule has 1 aliphatic carbocycles. The van der Waals surface area contributed by atoms with Gasteiger partial charge in [-0.1, -0.05) is 12.8 Å². The first-order chi connectivity index (χ1) is 14.8. The Morgan fingerprint density at radius 2 is 1.74 bits per heavy atom. The molecule has 9 heteroatoms. The molecule has 1 saturated carbocycles. The van der Waals surface area contributed by atoms with Crippen LogP contribution in [-0.2, 0) is 19.6 Å². The van der Waals surface area contributed by atoms with Crippen LogP contribution in [0.2, 0.25) is 0 Å². The highest BCUT2D eigenvalue weighted by Crippen LogP contribution is 2.45. The summed E-state index contributed by atoms with van der Waals surface area (Å²) in [5.41, 5.74) is -0.654. The molecule has 1 spiro atoms. The number of nitrogens with one attached hydrogen (secondary N) is 1. The van der Waals surface area contributed by atoms with E-state index in [-0.39, 0.29) is 35.8 Å². The van der Waals surface area contributed by atoms with Crippen LogP contribution < -0.4 is 10.1 Å². The maximum atomic E-state index is 13.1. The van der Waals surface area contributed by atoms with Gasteiger partial charge >= 0.3 is 0 Å². The fourth-order valence-electron chi connectivity index (χ4n) is 5.22. The smallest absolute Gasteiger partial charge is 0.243 e. The number of likely N-dealkylation sites (N-methyl/N-ethyl adjacent to an activating group) is 1. The predicted octanol–water partition coefficient (Wildman–Crippen LogP) is 1.76. The second kappa shape index (κ2) is 8.43. The molecule has 1 aromatic rings. The van der Waals surface area contributed by atoms with Crippen molar-refractivity contribution >= 4 is 21.8 Å². The standard InChI is InChI=1S/C22H31N3O5S/c1-24-19(20(26)23-16-5-3-4-6-16)15-22(21(24)27)11-13-25(14-12-22)31(28,29)18-9-7-17(30-2)8-10-18/h7-10,16,19H,3-6,11-15H2,1-2H3,(H,23,26)/t19-/m0/s1. The van der Waals surface area contributed by atoms with Crippen molar-refractivity contribution in [2.75, 3.05) is 27.2 Å². The average molecular weight is 450 g/mol. The lowest BCUT2D eigenvalue weighted by atomic mass is 9.76. The zero-order chi connectivity index (χ0) is 22.2. The lowest BCUT2D eigenvalue weighted by molar-refractivity contribution is -0.139. The van der Waals surface area contributed by atoms with Crippen molar-refractivity contribution < 1.29 is 22.7 Å². The van der Waals surface area contributed by atoms with Gasteiger partial charge in [0.05, 0.1) is 17.4 Å². The maximum absolute atomic E-state index is 13.1. The lowest BCUT2D eigenvalue weighted by Gasteiger charge is -2.37. The summed E-state index contributed by atoms with van der Waals surface area (Å²) >= 11 is 0. The van der Waals surface area contributed by atoms with E-state index in [0.717, 1.165) is 25.7 Å². The molecule has 3 aliphatic rings. The Bertz CT molecular complexity index is 932. The van der Waals surface area contributed by atoms with Crippen LogP contribution in [0.5, 0.6) is 5.75 Å². The van der Waals surface area contributed by atoms with E-state index in [2.05, 4.69) is 5.32 Å². The number of ether oxygens (including phenoxy) is 1. The number of hydrogen-bond acceptors (Lipinski definition) is 5. The van der Waals surface area contributed by atoms with Crippen molar-refractivity contribution in [3.05, 3.63) is 24.3 Å². The molecule has 8 nitrogen and oxygen atoms in total. The van der Waals surface area contributed by atoms with Gasteiger partial charge in [-0.3, -0.25) is 9.59 Å². The molecule has 170 valence electrons. The van der Waals surface area contributed by atoms with Crippen molar-refractivity contribution in [2.45, 2.75) is 61.9 Å². The van der Waals surface area contributed by atoms with Crippen LogP contribution >= 0.6 is 0 Å². The summed E-state index contributed by atoms with van der Waals surface area (Å²) in [6, 6.07) is 6.07. The number of nitrogens with zero attached hydrogens (tertiary/aromatic N) is 2. The zero-order valence-corrected chi connectivity index (χ0v) is 19.0. The van der Waals surface area contributed by atoms with Crippen LogP contribution in [0.25, 0.3) is 0 Å². The van der Waals surface area contributed by atoms with E-state index < -0.39 is 21.5 Å². The van der Waals surface area contributed by atoms with Gasteiger partial charge in [-0.2, -0.15) is 4.31 Å². The summed E-state index contributed by atoms with van der Waals surface area (Å²) in [4.78, 5) is 27.7. The van der Waals surface area contributed by atoms with E-state index in [1.54, 1.807) is 24.1 Å². The molecule has 1 atom stereocenters. The number of amides is 2. The van der Waals surface area contributed by atoms with Crippen LogP contribution in [-0.4, -0.2) is 68.8 Å². The highest BCUT2D eigenvalue weighted by molar-refractivity contribution is 7.89. The van der Waals surface area contributed by atoms with Gasteiger partial charge in [-0.25, -0.2) is 8.42 Å². The minimum atomic E-state index is -3.64. The second-order valence-corrected chi connectivity index (χ2v) is 10.9. The summed E-state index contributed by atoms with van der Waals surface area (Å²) in [6.45, 7) is 0.538. The van der Waals surface area contributed by atoms with Crippen molar-refractivity contribution in [1.29, 1.82) is 0 Å². The molecule has 2 aliphatic heterocycles. The molecule has 0 bridgehead atoms. The van der Waals surface area contributed by atoms with Crippen LogP contribution in [0.3, 0.4) is 0 Å². The van der Waals surface area contributed by atoms with Gasteiger partial charge < -0.3 is 15.0 Å². The Morgan fingerprint density at radius 1 is 1.13 bits per heavy atom. The number of carbonyl (C=O) groups excluding carboxylic acids is 2. The van der Waals surface area contributed by atoms with Crippen LogP contribution in [0.15, 0.2) is 29.2 Å². The Hall–Kier alpha value is -2.13. The van der Waals surface area contributed by atoms with E-state index in [4.69, 9.17) is 4.74 Å². The van der Waals surface area contributed by atoms with Gasteiger partial charge in [-0.05, 0) is 56.4 Å². The topological polar surface area (TPSA) is 96.0 Å². The lowest BCUT2D eigenvalue weighted by Crippen LogP contribution is -2.46. The van der Waals surface area contributed by atoms with E-state index in [1.807, 2.05) is 0 Å². The fourth-order valence-corrected chi connectivity index (χ4v) is 6.66. The number of rotatable bonds is 5. The molecule has 0 radical (unpaired) electrons. The van der Waals surface area contributed by atoms with E-state index in [1.165, 1.54) is 23.5 Å². The molecule has 31 heavy (non-hydrogen) atoms. The van der Waals surface area contributed by atoms with Gasteiger partial charge in [0, 0.05) is 26.2 Å². The second-order valence-electron chi connectivity index (χ2n) is 8.99. The highest BCUT2D eigenvalue weighted by atomic mass is 32.2. The maximum Gasteiger partial charge on any atom is 0.243 e. The minimum absolute atomic E-state index is 0.0411. The van der Waals surface area contributed by atoms with E-state index in [0.29, 0.717) is 25.0 Å². The normalized spacial score (nSPS) is 24.6. The Kier molecular flexibility index (Phi) is 6.00. The summed E-state index contributed by atoms with van der Waals surface area (Å²) in [6.07, 6.45) is 5.58. The third kappa shape index (κ3) is 4.05. The number of methoxy groups -OCH3 is 1. The first-order valence-corrected chi connectivity index (χ1v) is 12.4. The van der Waals surface area contributed by atoms with Crippen molar-refractivity contribution in [1.82, 2.24) is 14.5 Å².